The Morgan fingerprint density at radius 1 is 1.29 bits per heavy atom. The average molecular weight is 398 g/mol. The molecule has 2 amide bonds. The molecule has 1 atom stereocenters. The Balaban J connectivity index is 1.82. The lowest BCUT2D eigenvalue weighted by atomic mass is 10.2. The van der Waals surface area contributed by atoms with Gasteiger partial charge in [-0.2, -0.15) is 0 Å². The number of anilines is 1. The van der Waals surface area contributed by atoms with Gasteiger partial charge in [0.05, 0.1) is 12.8 Å². The number of amidine groups is 1. The van der Waals surface area contributed by atoms with Crippen molar-refractivity contribution in [2.45, 2.75) is 25.5 Å². The predicted molar refractivity (Wildman–Crippen MR) is 113 cm³/mol. The number of aryl methyl sites for hydroxylation is 1. The summed E-state index contributed by atoms with van der Waals surface area (Å²) >= 11 is 1.31. The van der Waals surface area contributed by atoms with Crippen molar-refractivity contribution in [1.29, 1.82) is 0 Å². The summed E-state index contributed by atoms with van der Waals surface area (Å²) in [7, 11) is 1.59. The van der Waals surface area contributed by atoms with Gasteiger partial charge in [0.1, 0.15) is 11.0 Å². The van der Waals surface area contributed by atoms with Crippen LogP contribution in [0.25, 0.3) is 0 Å². The van der Waals surface area contributed by atoms with E-state index >= 15 is 0 Å². The number of benzene rings is 2. The van der Waals surface area contributed by atoms with Gasteiger partial charge < -0.3 is 10.1 Å². The van der Waals surface area contributed by atoms with Crippen LogP contribution in [-0.2, 0) is 9.59 Å². The van der Waals surface area contributed by atoms with E-state index in [2.05, 4.69) is 10.3 Å². The molecule has 0 saturated carbocycles. The van der Waals surface area contributed by atoms with Gasteiger partial charge in [-0.25, -0.2) is 4.99 Å². The molecule has 3 rings (SSSR count). The van der Waals surface area contributed by atoms with Crippen molar-refractivity contribution in [2.75, 3.05) is 19.0 Å². The van der Waals surface area contributed by atoms with E-state index in [-0.39, 0.29) is 18.2 Å². The van der Waals surface area contributed by atoms with Crippen LogP contribution in [0.2, 0.25) is 0 Å². The quantitative estimate of drug-likeness (QED) is 0.828. The fraction of sp³-hybridized carbons (Fsp3) is 0.286. The Kier molecular flexibility index (Phi) is 6.36. The van der Waals surface area contributed by atoms with Crippen LogP contribution in [0, 0.1) is 6.92 Å². The van der Waals surface area contributed by atoms with E-state index in [1.54, 1.807) is 18.1 Å². The molecular weight excluding hydrogens is 374 g/mol. The molecule has 0 spiro atoms. The van der Waals surface area contributed by atoms with Gasteiger partial charge in [0.15, 0.2) is 5.17 Å². The number of rotatable bonds is 5. The number of methoxy groups -OCH3 is 1. The Hall–Kier alpha value is -2.80. The first-order chi connectivity index (χ1) is 13.5. The minimum Gasteiger partial charge on any atom is -0.497 e. The maximum absolute atomic E-state index is 12.7. The lowest BCUT2D eigenvalue weighted by Gasteiger charge is -2.31. The van der Waals surface area contributed by atoms with Gasteiger partial charge in [-0.15, -0.1) is 0 Å². The highest BCUT2D eigenvalue weighted by Crippen LogP contribution is 2.30. The fourth-order valence-electron chi connectivity index (χ4n) is 2.89. The molecule has 28 heavy (non-hydrogen) atoms. The number of carbonyl (C=O) groups is 2. The summed E-state index contributed by atoms with van der Waals surface area (Å²) in [4.78, 5) is 31.6. The number of aliphatic imine (C=N–C) groups is 1. The van der Waals surface area contributed by atoms with Crippen molar-refractivity contribution >= 4 is 40.1 Å². The lowest BCUT2D eigenvalue weighted by molar-refractivity contribution is -0.129. The molecular formula is C21H23N3O3S. The largest absolute Gasteiger partial charge is 0.497 e. The zero-order valence-electron chi connectivity index (χ0n) is 16.1. The van der Waals surface area contributed by atoms with Gasteiger partial charge in [0.2, 0.25) is 11.8 Å². The van der Waals surface area contributed by atoms with Gasteiger partial charge in [0.25, 0.3) is 0 Å². The van der Waals surface area contributed by atoms with E-state index in [9.17, 15) is 9.59 Å². The fourth-order valence-corrected chi connectivity index (χ4v) is 4.05. The van der Waals surface area contributed by atoms with Crippen LogP contribution in [0.5, 0.6) is 5.75 Å². The topological polar surface area (TPSA) is 71.0 Å². The molecule has 1 saturated heterocycles. The molecule has 0 radical (unpaired) electrons. The molecule has 1 aliphatic heterocycles. The van der Waals surface area contributed by atoms with Crippen molar-refractivity contribution < 1.29 is 14.3 Å². The average Bonchev–Trinajstić information content (AvgIpc) is 2.68. The number of thioether (sulfide) groups is 1. The molecule has 7 heteroatoms. The van der Waals surface area contributed by atoms with E-state index in [0.717, 1.165) is 11.3 Å². The second-order valence-electron chi connectivity index (χ2n) is 6.40. The lowest BCUT2D eigenvalue weighted by Crippen LogP contribution is -2.45. The molecule has 1 fully saturated rings. The molecule has 1 aliphatic rings. The van der Waals surface area contributed by atoms with E-state index in [0.29, 0.717) is 23.1 Å². The molecule has 0 aliphatic carbocycles. The summed E-state index contributed by atoms with van der Waals surface area (Å²) in [6.45, 7) is 4.36. The zero-order chi connectivity index (χ0) is 20.1. The van der Waals surface area contributed by atoms with Crippen LogP contribution >= 0.6 is 11.8 Å². The van der Waals surface area contributed by atoms with E-state index in [1.807, 2.05) is 56.3 Å². The summed E-state index contributed by atoms with van der Waals surface area (Å²) < 4.78 is 5.23. The standard InChI is InChI=1S/C21H23N3O3S/c1-4-24-19(25)13-18(20(26)22-15-8-5-7-14(2)11-15)28-21(24)23-16-9-6-10-17(12-16)27-3/h5-12,18H,4,13H2,1-3H3,(H,22,26). The van der Waals surface area contributed by atoms with Gasteiger partial charge >= 0.3 is 0 Å². The van der Waals surface area contributed by atoms with Crippen molar-refractivity contribution in [1.82, 2.24) is 4.90 Å². The molecule has 0 aromatic heterocycles. The zero-order valence-corrected chi connectivity index (χ0v) is 17.0. The third-order valence-electron chi connectivity index (χ3n) is 4.31. The minimum atomic E-state index is -0.528. The molecule has 1 unspecified atom stereocenters. The summed E-state index contributed by atoms with van der Waals surface area (Å²) in [6.07, 6.45) is 0.146. The Bertz CT molecular complexity index is 913. The van der Waals surface area contributed by atoms with Crippen molar-refractivity contribution in [2.24, 2.45) is 4.99 Å². The number of carbonyl (C=O) groups excluding carboxylic acids is 2. The van der Waals surface area contributed by atoms with E-state index < -0.39 is 5.25 Å². The summed E-state index contributed by atoms with van der Waals surface area (Å²) in [5.41, 5.74) is 2.46. The highest BCUT2D eigenvalue weighted by molar-refractivity contribution is 8.15. The van der Waals surface area contributed by atoms with E-state index in [1.165, 1.54) is 11.8 Å². The van der Waals surface area contributed by atoms with Crippen LogP contribution < -0.4 is 10.1 Å². The van der Waals surface area contributed by atoms with Gasteiger partial charge in [0, 0.05) is 24.7 Å². The number of ether oxygens (including phenoxy) is 1. The second-order valence-corrected chi connectivity index (χ2v) is 7.57. The number of nitrogens with zero attached hydrogens (tertiary/aromatic N) is 2. The Morgan fingerprint density at radius 3 is 2.79 bits per heavy atom. The molecule has 6 nitrogen and oxygen atoms in total. The Morgan fingerprint density at radius 2 is 2.07 bits per heavy atom. The number of hydrogen-bond acceptors (Lipinski definition) is 5. The second kappa shape index (κ2) is 8.93. The predicted octanol–water partition coefficient (Wildman–Crippen LogP) is 3.98. The van der Waals surface area contributed by atoms with Gasteiger partial charge in [-0.05, 0) is 43.7 Å². The SMILES string of the molecule is CCN1C(=O)CC(C(=O)Nc2cccc(C)c2)SC1=Nc1cccc(OC)c1. The smallest absolute Gasteiger partial charge is 0.238 e. The highest BCUT2D eigenvalue weighted by atomic mass is 32.2. The third-order valence-corrected chi connectivity index (χ3v) is 5.50. The molecule has 1 N–H and O–H groups in total. The maximum Gasteiger partial charge on any atom is 0.238 e. The molecule has 2 aromatic rings. The summed E-state index contributed by atoms with van der Waals surface area (Å²) in [5, 5.41) is 2.90. The van der Waals surface area contributed by atoms with Gasteiger partial charge in [-0.1, -0.05) is 30.0 Å². The summed E-state index contributed by atoms with van der Waals surface area (Å²) in [6, 6.07) is 14.9. The highest BCUT2D eigenvalue weighted by Gasteiger charge is 2.35. The monoisotopic (exact) mass is 397 g/mol. The van der Waals surface area contributed by atoms with Crippen LogP contribution in [0.15, 0.2) is 53.5 Å². The van der Waals surface area contributed by atoms with Crippen LogP contribution in [0.1, 0.15) is 18.9 Å². The first-order valence-corrected chi connectivity index (χ1v) is 9.95. The summed E-state index contributed by atoms with van der Waals surface area (Å²) in [5.74, 6) is 0.385. The van der Waals surface area contributed by atoms with Crippen LogP contribution in [-0.4, -0.2) is 40.8 Å². The van der Waals surface area contributed by atoms with Crippen LogP contribution in [0.3, 0.4) is 0 Å². The normalized spacial score (nSPS) is 18.2. The van der Waals surface area contributed by atoms with Crippen molar-refractivity contribution in [3.8, 4) is 5.75 Å². The van der Waals surface area contributed by atoms with Gasteiger partial charge in [-0.3, -0.25) is 14.5 Å². The molecule has 146 valence electrons. The van der Waals surface area contributed by atoms with Crippen molar-refractivity contribution in [3.05, 3.63) is 54.1 Å². The number of amides is 2. The molecule has 2 aromatic carbocycles. The number of nitrogens with one attached hydrogen (secondary N) is 1. The van der Waals surface area contributed by atoms with E-state index in [4.69, 9.17) is 4.74 Å². The molecule has 0 bridgehead atoms. The maximum atomic E-state index is 12.7. The first-order valence-electron chi connectivity index (χ1n) is 9.07. The van der Waals surface area contributed by atoms with Crippen LogP contribution in [0.4, 0.5) is 11.4 Å². The Labute approximate surface area is 169 Å². The third kappa shape index (κ3) is 4.72. The molecule has 1 heterocycles. The minimum absolute atomic E-state index is 0.104. The first kappa shape index (κ1) is 19.9. The number of hydrogen-bond donors (Lipinski definition) is 1. The van der Waals surface area contributed by atoms with Crippen molar-refractivity contribution in [3.63, 3.8) is 0 Å².